The third-order valence-corrected chi connectivity index (χ3v) is 7.10. The molecule has 7 nitrogen and oxygen atoms in total. The molecule has 0 spiro atoms. The summed E-state index contributed by atoms with van der Waals surface area (Å²) in [7, 11) is 0. The molecule has 10 heteroatoms. The van der Waals surface area contributed by atoms with Crippen molar-refractivity contribution >= 4 is 52.4 Å². The summed E-state index contributed by atoms with van der Waals surface area (Å²) in [6.45, 7) is 1.07. The number of hydrogen-bond donors (Lipinski definition) is 1. The first-order chi connectivity index (χ1) is 16.8. The molecule has 2 heterocycles. The predicted molar refractivity (Wildman–Crippen MR) is 132 cm³/mol. The second-order valence-electron chi connectivity index (χ2n) is 8.22. The summed E-state index contributed by atoms with van der Waals surface area (Å²) in [6, 6.07) is 12.7. The van der Waals surface area contributed by atoms with Gasteiger partial charge >= 0.3 is 0 Å². The highest BCUT2D eigenvalue weighted by Crippen LogP contribution is 2.32. The van der Waals surface area contributed by atoms with Gasteiger partial charge in [0.2, 0.25) is 5.91 Å². The molecule has 4 amide bonds. The summed E-state index contributed by atoms with van der Waals surface area (Å²) in [6.07, 6.45) is 2.41. The number of rotatable bonds is 6. The van der Waals surface area contributed by atoms with E-state index in [0.717, 1.165) is 16.7 Å². The lowest BCUT2D eigenvalue weighted by Gasteiger charge is -2.31. The molecule has 182 valence electrons. The van der Waals surface area contributed by atoms with Crippen LogP contribution in [-0.4, -0.2) is 58.9 Å². The highest BCUT2D eigenvalue weighted by molar-refractivity contribution is 8.18. The summed E-state index contributed by atoms with van der Waals surface area (Å²) in [5, 5.41) is 2.89. The van der Waals surface area contributed by atoms with Gasteiger partial charge < -0.3 is 10.2 Å². The number of hydrogen-bond acceptors (Lipinski definition) is 5. The fraction of sp³-hybridized carbons (Fsp3) is 0.280. The average Bonchev–Trinajstić information content (AvgIpc) is 3.13. The van der Waals surface area contributed by atoms with Gasteiger partial charge in [0, 0.05) is 48.2 Å². The van der Waals surface area contributed by atoms with Crippen LogP contribution in [0.25, 0.3) is 6.08 Å². The molecule has 35 heavy (non-hydrogen) atoms. The van der Waals surface area contributed by atoms with Crippen LogP contribution < -0.4 is 5.32 Å². The van der Waals surface area contributed by atoms with Gasteiger partial charge in [-0.05, 0) is 61.0 Å². The van der Waals surface area contributed by atoms with Crippen molar-refractivity contribution in [2.45, 2.75) is 12.8 Å². The average molecular weight is 516 g/mol. The van der Waals surface area contributed by atoms with Crippen LogP contribution >= 0.6 is 23.4 Å². The number of nitrogens with zero attached hydrogens (tertiary/aromatic N) is 2. The van der Waals surface area contributed by atoms with Crippen LogP contribution in [0.4, 0.5) is 9.18 Å². The molecule has 4 rings (SSSR count). The third-order valence-electron chi connectivity index (χ3n) is 5.94. The van der Waals surface area contributed by atoms with E-state index in [1.807, 2.05) is 0 Å². The van der Waals surface area contributed by atoms with E-state index in [1.165, 1.54) is 18.2 Å². The number of nitrogens with one attached hydrogen (secondary N) is 1. The van der Waals surface area contributed by atoms with Gasteiger partial charge in [0.1, 0.15) is 5.82 Å². The number of carbonyl (C=O) groups is 4. The lowest BCUT2D eigenvalue weighted by molar-refractivity contribution is -0.127. The molecule has 2 aromatic rings. The molecule has 0 unspecified atom stereocenters. The fourth-order valence-electron chi connectivity index (χ4n) is 3.98. The summed E-state index contributed by atoms with van der Waals surface area (Å²) in [5.74, 6) is -1.50. The highest BCUT2D eigenvalue weighted by atomic mass is 35.5. The molecule has 2 aliphatic rings. The maximum atomic E-state index is 13.9. The lowest BCUT2D eigenvalue weighted by Crippen LogP contribution is -2.44. The van der Waals surface area contributed by atoms with Gasteiger partial charge in [-0.1, -0.05) is 29.8 Å². The summed E-state index contributed by atoms with van der Waals surface area (Å²) >= 11 is 6.62. The summed E-state index contributed by atoms with van der Waals surface area (Å²) in [4.78, 5) is 52.9. The van der Waals surface area contributed by atoms with Crippen molar-refractivity contribution in [3.05, 3.63) is 75.4 Å². The van der Waals surface area contributed by atoms with Crippen molar-refractivity contribution in [1.29, 1.82) is 0 Å². The van der Waals surface area contributed by atoms with Gasteiger partial charge in [-0.3, -0.25) is 24.1 Å². The molecule has 0 bridgehead atoms. The van der Waals surface area contributed by atoms with Crippen LogP contribution in [0, 0.1) is 11.7 Å². The van der Waals surface area contributed by atoms with Crippen molar-refractivity contribution < 1.29 is 23.6 Å². The molecule has 0 saturated carbocycles. The van der Waals surface area contributed by atoms with Gasteiger partial charge in [0.15, 0.2) is 0 Å². The SMILES string of the molecule is O=C(NCCN1C(=O)S/C(=C\c2ccccc2F)C1=O)C1CCN(C(=O)c2ccc(Cl)cc2)CC1. The first-order valence-electron chi connectivity index (χ1n) is 11.2. The lowest BCUT2D eigenvalue weighted by atomic mass is 9.95. The van der Waals surface area contributed by atoms with Crippen molar-refractivity contribution in [3.8, 4) is 0 Å². The second kappa shape index (κ2) is 11.0. The molecule has 2 saturated heterocycles. The van der Waals surface area contributed by atoms with Crippen LogP contribution in [0.1, 0.15) is 28.8 Å². The number of halogens is 2. The zero-order valence-corrected chi connectivity index (χ0v) is 20.3. The minimum atomic E-state index is -0.508. The normalized spacial score (nSPS) is 17.8. The van der Waals surface area contributed by atoms with Gasteiger partial charge in [0.25, 0.3) is 17.1 Å². The maximum absolute atomic E-state index is 13.9. The van der Waals surface area contributed by atoms with Crippen LogP contribution in [-0.2, 0) is 9.59 Å². The Morgan fingerprint density at radius 3 is 2.46 bits per heavy atom. The molecular formula is C25H23ClFN3O4S. The van der Waals surface area contributed by atoms with Gasteiger partial charge in [-0.15, -0.1) is 0 Å². The van der Waals surface area contributed by atoms with Gasteiger partial charge in [0.05, 0.1) is 4.91 Å². The van der Waals surface area contributed by atoms with Crippen LogP contribution in [0.3, 0.4) is 0 Å². The van der Waals surface area contributed by atoms with E-state index < -0.39 is 17.0 Å². The Balaban J connectivity index is 1.24. The third kappa shape index (κ3) is 5.91. The van der Waals surface area contributed by atoms with E-state index in [9.17, 15) is 23.6 Å². The molecule has 0 aromatic heterocycles. The zero-order valence-electron chi connectivity index (χ0n) is 18.7. The van der Waals surface area contributed by atoms with Crippen LogP contribution in [0.5, 0.6) is 0 Å². The quantitative estimate of drug-likeness (QED) is 0.583. The Bertz CT molecular complexity index is 1180. The monoisotopic (exact) mass is 515 g/mol. The Hall–Kier alpha value is -3.17. The first kappa shape index (κ1) is 24.9. The second-order valence-corrected chi connectivity index (χ2v) is 9.65. The highest BCUT2D eigenvalue weighted by Gasteiger charge is 2.35. The molecule has 2 aromatic carbocycles. The van der Waals surface area contributed by atoms with Crippen molar-refractivity contribution in [2.24, 2.45) is 5.92 Å². The van der Waals surface area contributed by atoms with E-state index in [-0.39, 0.29) is 41.3 Å². The van der Waals surface area contributed by atoms with E-state index >= 15 is 0 Å². The summed E-state index contributed by atoms with van der Waals surface area (Å²) < 4.78 is 13.9. The number of imide groups is 1. The predicted octanol–water partition coefficient (Wildman–Crippen LogP) is 4.18. The molecule has 0 atom stereocenters. The topological polar surface area (TPSA) is 86.8 Å². The Morgan fingerprint density at radius 2 is 1.77 bits per heavy atom. The largest absolute Gasteiger partial charge is 0.354 e. The Morgan fingerprint density at radius 1 is 1.09 bits per heavy atom. The molecule has 2 aliphatic heterocycles. The first-order valence-corrected chi connectivity index (χ1v) is 12.4. The van der Waals surface area contributed by atoms with E-state index in [2.05, 4.69) is 5.32 Å². The number of benzene rings is 2. The molecule has 2 fully saturated rings. The smallest absolute Gasteiger partial charge is 0.293 e. The number of thioether (sulfide) groups is 1. The van der Waals surface area contributed by atoms with Crippen LogP contribution in [0.15, 0.2) is 53.4 Å². The molecule has 1 N–H and O–H groups in total. The minimum absolute atomic E-state index is 0.0267. The van der Waals surface area contributed by atoms with E-state index in [1.54, 1.807) is 41.3 Å². The van der Waals surface area contributed by atoms with Crippen molar-refractivity contribution in [3.63, 3.8) is 0 Å². The van der Waals surface area contributed by atoms with Gasteiger partial charge in [-0.25, -0.2) is 4.39 Å². The number of piperidine rings is 1. The Labute approximate surface area is 211 Å². The Kier molecular flexibility index (Phi) is 7.87. The van der Waals surface area contributed by atoms with E-state index in [4.69, 9.17) is 11.6 Å². The number of carbonyl (C=O) groups excluding carboxylic acids is 4. The van der Waals surface area contributed by atoms with Crippen LogP contribution in [0.2, 0.25) is 5.02 Å². The van der Waals surface area contributed by atoms with Gasteiger partial charge in [-0.2, -0.15) is 0 Å². The maximum Gasteiger partial charge on any atom is 0.293 e. The number of likely N-dealkylation sites (tertiary alicyclic amines) is 1. The molecule has 0 radical (unpaired) electrons. The fourth-order valence-corrected chi connectivity index (χ4v) is 4.96. The zero-order chi connectivity index (χ0) is 24.9. The number of amides is 4. The van der Waals surface area contributed by atoms with Crippen molar-refractivity contribution in [2.75, 3.05) is 26.2 Å². The standard InChI is InChI=1S/C25H23ClFN3O4S/c26-19-7-5-17(6-8-19)23(32)29-12-9-16(10-13-29)22(31)28-11-14-30-24(33)21(35-25(30)34)15-18-3-1-2-4-20(18)27/h1-8,15-16H,9-14H2,(H,28,31)/b21-15-. The van der Waals surface area contributed by atoms with Crippen molar-refractivity contribution in [1.82, 2.24) is 15.1 Å². The summed E-state index contributed by atoms with van der Waals surface area (Å²) in [5.41, 5.74) is 0.783. The molecular weight excluding hydrogens is 493 g/mol. The van der Waals surface area contributed by atoms with E-state index in [0.29, 0.717) is 36.5 Å². The molecule has 0 aliphatic carbocycles. The minimum Gasteiger partial charge on any atom is -0.354 e.